The summed E-state index contributed by atoms with van der Waals surface area (Å²) in [7, 11) is 0. The molecule has 2 heterocycles. The topological polar surface area (TPSA) is 82.0 Å². The predicted octanol–water partition coefficient (Wildman–Crippen LogP) is 4.10. The summed E-state index contributed by atoms with van der Waals surface area (Å²) in [5, 5.41) is 14.5. The lowest BCUT2D eigenvalue weighted by Crippen LogP contribution is -2.55. The third-order valence-electron chi connectivity index (χ3n) is 7.31. The number of rotatable bonds is 5. The molecule has 2 amide bonds. The Balaban J connectivity index is 1.26. The van der Waals surface area contributed by atoms with Crippen LogP contribution in [0.3, 0.4) is 0 Å². The van der Waals surface area contributed by atoms with Crippen molar-refractivity contribution in [2.75, 3.05) is 50.7 Å². The molecule has 0 atom stereocenters. The number of likely N-dealkylation sites (tertiary alicyclic amines) is 1. The van der Waals surface area contributed by atoms with Gasteiger partial charge in [0.15, 0.2) is 0 Å². The lowest BCUT2D eigenvalue weighted by molar-refractivity contribution is -0.384. The van der Waals surface area contributed by atoms with Gasteiger partial charge in [0.2, 0.25) is 0 Å². The van der Waals surface area contributed by atoms with Gasteiger partial charge in [0, 0.05) is 57.9 Å². The zero-order chi connectivity index (χ0) is 24.3. The fraction of sp³-hybridized carbons (Fsp3) is 0.696. The lowest BCUT2D eigenvalue weighted by Gasteiger charge is -2.38. The molecule has 3 fully saturated rings. The molecule has 3 aliphatic rings. The number of benzene rings is 1. The van der Waals surface area contributed by atoms with Crippen LogP contribution in [-0.2, 0) is 6.18 Å². The van der Waals surface area contributed by atoms with E-state index in [1.165, 1.54) is 32.2 Å². The first kappa shape index (κ1) is 24.6. The van der Waals surface area contributed by atoms with Crippen molar-refractivity contribution in [3.05, 3.63) is 33.9 Å². The molecule has 11 heteroatoms. The first-order chi connectivity index (χ1) is 16.2. The molecule has 1 aromatic rings. The summed E-state index contributed by atoms with van der Waals surface area (Å²) in [5.74, 6) is 0.822. The largest absolute Gasteiger partial charge is 0.416 e. The van der Waals surface area contributed by atoms with Crippen LogP contribution < -0.4 is 10.2 Å². The molecule has 0 bridgehead atoms. The zero-order valence-electron chi connectivity index (χ0n) is 19.2. The van der Waals surface area contributed by atoms with Gasteiger partial charge in [0.25, 0.3) is 5.69 Å². The van der Waals surface area contributed by atoms with Crippen molar-refractivity contribution >= 4 is 17.4 Å². The second-order valence-electron chi connectivity index (χ2n) is 9.61. The van der Waals surface area contributed by atoms with Crippen molar-refractivity contribution in [1.82, 2.24) is 15.1 Å². The maximum Gasteiger partial charge on any atom is 0.416 e. The molecule has 8 nitrogen and oxygen atoms in total. The molecular formula is C23H32F3N5O3. The van der Waals surface area contributed by atoms with Crippen LogP contribution in [0.4, 0.5) is 29.3 Å². The number of carbonyl (C=O) groups excluding carboxylic acids is 1. The molecule has 0 radical (unpaired) electrons. The number of nitrogens with zero attached hydrogens (tertiary/aromatic N) is 4. The van der Waals surface area contributed by atoms with E-state index in [4.69, 9.17) is 0 Å². The average molecular weight is 484 g/mol. The van der Waals surface area contributed by atoms with Gasteiger partial charge in [-0.25, -0.2) is 4.79 Å². The summed E-state index contributed by atoms with van der Waals surface area (Å²) >= 11 is 0. The average Bonchev–Trinajstić information content (AvgIpc) is 3.32. The Morgan fingerprint density at radius 2 is 1.68 bits per heavy atom. The summed E-state index contributed by atoms with van der Waals surface area (Å²) in [6.45, 7) is 4.49. The smallest absolute Gasteiger partial charge is 0.362 e. The van der Waals surface area contributed by atoms with Crippen molar-refractivity contribution < 1.29 is 22.9 Å². The summed E-state index contributed by atoms with van der Waals surface area (Å²) in [6, 6.07) is 2.58. The molecule has 2 aliphatic heterocycles. The van der Waals surface area contributed by atoms with Crippen LogP contribution in [0.1, 0.15) is 44.1 Å². The van der Waals surface area contributed by atoms with Crippen molar-refractivity contribution in [2.45, 2.75) is 50.7 Å². The van der Waals surface area contributed by atoms with E-state index in [9.17, 15) is 28.1 Å². The zero-order valence-corrected chi connectivity index (χ0v) is 19.2. The van der Waals surface area contributed by atoms with Gasteiger partial charge < -0.3 is 20.0 Å². The van der Waals surface area contributed by atoms with E-state index in [1.807, 2.05) is 0 Å². The van der Waals surface area contributed by atoms with Crippen LogP contribution in [0.15, 0.2) is 18.2 Å². The van der Waals surface area contributed by atoms with E-state index in [0.717, 1.165) is 44.0 Å². The molecule has 1 aromatic carbocycles. The third-order valence-corrected chi connectivity index (χ3v) is 7.31. The van der Waals surface area contributed by atoms with Gasteiger partial charge in [-0.05, 0) is 43.7 Å². The monoisotopic (exact) mass is 483 g/mol. The van der Waals surface area contributed by atoms with Crippen molar-refractivity contribution in [2.24, 2.45) is 5.92 Å². The van der Waals surface area contributed by atoms with E-state index in [2.05, 4.69) is 10.2 Å². The normalized spacial score (nSPS) is 21.1. The number of halogens is 3. The number of nitrogens with one attached hydrogen (secondary N) is 1. The standard InChI is InChI=1S/C23H32F3N5O3/c24-23(25,26)18-5-6-20(21(15-18)31(33)34)29-11-13-30(14-12-29)22(32)27-19-7-9-28(10-8-19)16-17-3-1-2-4-17/h5-6,15,17,19H,1-4,7-14,16H2,(H,27,32). The minimum absolute atomic E-state index is 0.140. The number of anilines is 1. The first-order valence-corrected chi connectivity index (χ1v) is 12.1. The fourth-order valence-corrected chi connectivity index (χ4v) is 5.35. The highest BCUT2D eigenvalue weighted by molar-refractivity contribution is 5.75. The lowest BCUT2D eigenvalue weighted by atomic mass is 10.0. The summed E-state index contributed by atoms with van der Waals surface area (Å²) < 4.78 is 38.9. The number of nitro benzene ring substituents is 1. The van der Waals surface area contributed by atoms with E-state index in [-0.39, 0.29) is 17.8 Å². The maximum absolute atomic E-state index is 13.0. The van der Waals surface area contributed by atoms with Gasteiger partial charge >= 0.3 is 12.2 Å². The van der Waals surface area contributed by atoms with Crippen molar-refractivity contribution in [3.8, 4) is 0 Å². The number of piperazine rings is 1. The van der Waals surface area contributed by atoms with E-state index in [0.29, 0.717) is 32.2 Å². The fourth-order valence-electron chi connectivity index (χ4n) is 5.35. The van der Waals surface area contributed by atoms with Gasteiger partial charge in [-0.2, -0.15) is 13.2 Å². The Hall–Kier alpha value is -2.56. The quantitative estimate of drug-likeness (QED) is 0.504. The second-order valence-corrected chi connectivity index (χ2v) is 9.61. The molecule has 1 aliphatic carbocycles. The Kier molecular flexibility index (Phi) is 7.49. The number of amides is 2. The molecule has 2 saturated heterocycles. The van der Waals surface area contributed by atoms with Crippen LogP contribution in [0.5, 0.6) is 0 Å². The van der Waals surface area contributed by atoms with Crippen molar-refractivity contribution in [3.63, 3.8) is 0 Å². The minimum Gasteiger partial charge on any atom is -0.362 e. The Morgan fingerprint density at radius 1 is 1.03 bits per heavy atom. The van der Waals surface area contributed by atoms with Crippen LogP contribution in [0.25, 0.3) is 0 Å². The van der Waals surface area contributed by atoms with Gasteiger partial charge in [-0.15, -0.1) is 0 Å². The van der Waals surface area contributed by atoms with Gasteiger partial charge in [0.05, 0.1) is 10.5 Å². The molecule has 1 saturated carbocycles. The number of hydrogen-bond acceptors (Lipinski definition) is 5. The number of hydrogen-bond donors (Lipinski definition) is 1. The molecule has 0 aromatic heterocycles. The summed E-state index contributed by atoms with van der Waals surface area (Å²) in [4.78, 5) is 29.2. The van der Waals surface area contributed by atoms with Gasteiger partial charge in [0.1, 0.15) is 5.69 Å². The first-order valence-electron chi connectivity index (χ1n) is 12.1. The molecular weight excluding hydrogens is 451 g/mol. The third kappa shape index (κ3) is 5.92. The summed E-state index contributed by atoms with van der Waals surface area (Å²) in [6.07, 6.45) is 2.56. The molecule has 34 heavy (non-hydrogen) atoms. The molecule has 4 rings (SSSR count). The molecule has 0 unspecified atom stereocenters. The van der Waals surface area contributed by atoms with Crippen LogP contribution >= 0.6 is 0 Å². The second kappa shape index (κ2) is 10.4. The number of carbonyl (C=O) groups is 1. The van der Waals surface area contributed by atoms with E-state index >= 15 is 0 Å². The maximum atomic E-state index is 13.0. The Labute approximate surface area is 197 Å². The highest BCUT2D eigenvalue weighted by atomic mass is 19.4. The molecule has 188 valence electrons. The van der Waals surface area contributed by atoms with Crippen LogP contribution in [0, 0.1) is 16.0 Å². The number of alkyl halides is 3. The Morgan fingerprint density at radius 3 is 2.26 bits per heavy atom. The van der Waals surface area contributed by atoms with E-state index in [1.54, 1.807) is 9.80 Å². The van der Waals surface area contributed by atoms with E-state index < -0.39 is 22.4 Å². The van der Waals surface area contributed by atoms with Crippen LogP contribution in [0.2, 0.25) is 0 Å². The van der Waals surface area contributed by atoms with Crippen molar-refractivity contribution in [1.29, 1.82) is 0 Å². The number of urea groups is 1. The number of nitro groups is 1. The van der Waals surface area contributed by atoms with Gasteiger partial charge in [-0.1, -0.05) is 12.8 Å². The molecule has 0 spiro atoms. The van der Waals surface area contributed by atoms with Gasteiger partial charge in [-0.3, -0.25) is 10.1 Å². The minimum atomic E-state index is -4.65. The SMILES string of the molecule is O=C(NC1CCN(CC2CCCC2)CC1)N1CCN(c2ccc(C(F)(F)F)cc2[N+](=O)[O-])CC1. The highest BCUT2D eigenvalue weighted by Crippen LogP contribution is 2.36. The number of piperidine rings is 1. The Bertz CT molecular complexity index is 875. The molecule has 1 N–H and O–H groups in total. The van der Waals surface area contributed by atoms with Crippen LogP contribution in [-0.4, -0.2) is 72.6 Å². The summed E-state index contributed by atoms with van der Waals surface area (Å²) in [5.41, 5.74) is -1.47. The predicted molar refractivity (Wildman–Crippen MR) is 122 cm³/mol. The highest BCUT2D eigenvalue weighted by Gasteiger charge is 2.34.